The topological polar surface area (TPSA) is 38.3 Å². The van der Waals surface area contributed by atoms with Crippen LogP contribution in [0.15, 0.2) is 0 Å². The molecule has 1 radical (unpaired) electrons. The van der Waals surface area contributed by atoms with Gasteiger partial charge in [-0.2, -0.15) is 0 Å². The van der Waals surface area contributed by atoms with Crippen LogP contribution < -0.4 is 5.32 Å². The second-order valence-electron chi connectivity index (χ2n) is 2.62. The molecule has 0 saturated carbocycles. The lowest BCUT2D eigenvalue weighted by Gasteiger charge is -2.01. The van der Waals surface area contributed by atoms with E-state index in [1.165, 1.54) is 0 Å². The van der Waals surface area contributed by atoms with E-state index in [0.29, 0.717) is 13.0 Å². The third kappa shape index (κ3) is 7.54. The molecule has 0 aliphatic heterocycles. The zero-order valence-corrected chi connectivity index (χ0v) is 7.77. The smallest absolute Gasteiger partial charge is 0.305 e. The van der Waals surface area contributed by atoms with Gasteiger partial charge in [-0.15, -0.1) is 0 Å². The second kappa shape index (κ2) is 8.53. The third-order valence-corrected chi connectivity index (χ3v) is 1.54. The standard InChI is InChI=1S/C9H18NO2/c1-3-12-9(11)7-5-4-6-8-10-2/h10H,2-8H2,1H3. The van der Waals surface area contributed by atoms with E-state index in [2.05, 4.69) is 12.4 Å². The Bertz CT molecular complexity index is 115. The van der Waals surface area contributed by atoms with Gasteiger partial charge in [0, 0.05) is 13.5 Å². The summed E-state index contributed by atoms with van der Waals surface area (Å²) in [6.07, 6.45) is 3.59. The monoisotopic (exact) mass is 172 g/mol. The Morgan fingerprint density at radius 1 is 1.42 bits per heavy atom. The number of esters is 1. The van der Waals surface area contributed by atoms with E-state index in [1.807, 2.05) is 6.92 Å². The Balaban J connectivity index is 3.03. The molecule has 1 N–H and O–H groups in total. The number of rotatable bonds is 7. The van der Waals surface area contributed by atoms with Gasteiger partial charge in [0.1, 0.15) is 0 Å². The molecule has 0 bridgehead atoms. The van der Waals surface area contributed by atoms with E-state index in [9.17, 15) is 4.79 Å². The summed E-state index contributed by atoms with van der Waals surface area (Å²) in [7, 11) is 3.51. The number of hydrogen-bond acceptors (Lipinski definition) is 3. The number of hydrogen-bond donors (Lipinski definition) is 1. The summed E-state index contributed by atoms with van der Waals surface area (Å²) >= 11 is 0. The summed E-state index contributed by atoms with van der Waals surface area (Å²) < 4.78 is 4.78. The number of carbonyl (C=O) groups is 1. The normalized spacial score (nSPS) is 9.83. The molecule has 0 spiro atoms. The highest BCUT2D eigenvalue weighted by molar-refractivity contribution is 5.69. The van der Waals surface area contributed by atoms with Crippen molar-refractivity contribution in [2.75, 3.05) is 13.2 Å². The average Bonchev–Trinajstić information content (AvgIpc) is 2.05. The maximum Gasteiger partial charge on any atom is 0.305 e. The minimum Gasteiger partial charge on any atom is -0.466 e. The number of nitrogens with one attached hydrogen (secondary N) is 1. The zero-order valence-electron chi connectivity index (χ0n) is 7.77. The van der Waals surface area contributed by atoms with Crippen molar-refractivity contribution in [2.24, 2.45) is 0 Å². The molecular formula is C9H18NO2. The minimum atomic E-state index is -0.0833. The van der Waals surface area contributed by atoms with Crippen LogP contribution in [0.4, 0.5) is 0 Å². The van der Waals surface area contributed by atoms with E-state index in [0.717, 1.165) is 25.8 Å². The minimum absolute atomic E-state index is 0.0833. The van der Waals surface area contributed by atoms with Crippen LogP contribution in [0.5, 0.6) is 0 Å². The summed E-state index contributed by atoms with van der Waals surface area (Å²) in [5.74, 6) is -0.0833. The van der Waals surface area contributed by atoms with E-state index in [-0.39, 0.29) is 5.97 Å². The van der Waals surface area contributed by atoms with Crippen molar-refractivity contribution in [1.29, 1.82) is 0 Å². The molecule has 0 saturated heterocycles. The summed E-state index contributed by atoms with van der Waals surface area (Å²) in [5.41, 5.74) is 0. The lowest BCUT2D eigenvalue weighted by molar-refractivity contribution is -0.143. The average molecular weight is 172 g/mol. The van der Waals surface area contributed by atoms with E-state index in [1.54, 1.807) is 0 Å². The van der Waals surface area contributed by atoms with Gasteiger partial charge in [-0.25, -0.2) is 0 Å². The first-order chi connectivity index (χ1) is 5.81. The molecule has 0 rings (SSSR count). The molecule has 3 nitrogen and oxygen atoms in total. The van der Waals surface area contributed by atoms with Crippen molar-refractivity contribution in [3.8, 4) is 0 Å². The first-order valence-corrected chi connectivity index (χ1v) is 4.46. The molecule has 0 aromatic heterocycles. The second-order valence-corrected chi connectivity index (χ2v) is 2.62. The van der Waals surface area contributed by atoms with Crippen molar-refractivity contribution in [3.63, 3.8) is 0 Å². The molecule has 0 fully saturated rings. The maximum atomic E-state index is 10.8. The lowest BCUT2D eigenvalue weighted by Crippen LogP contribution is -2.06. The van der Waals surface area contributed by atoms with Gasteiger partial charge in [-0.05, 0) is 26.3 Å². The van der Waals surface area contributed by atoms with Crippen molar-refractivity contribution in [3.05, 3.63) is 7.05 Å². The van der Waals surface area contributed by atoms with Crippen molar-refractivity contribution >= 4 is 5.97 Å². The van der Waals surface area contributed by atoms with Crippen LogP contribution in [0.3, 0.4) is 0 Å². The van der Waals surface area contributed by atoms with Crippen LogP contribution in [-0.4, -0.2) is 19.1 Å². The van der Waals surface area contributed by atoms with Gasteiger partial charge < -0.3 is 10.1 Å². The van der Waals surface area contributed by atoms with Gasteiger partial charge in [0.05, 0.1) is 6.61 Å². The Labute approximate surface area is 74.5 Å². The largest absolute Gasteiger partial charge is 0.466 e. The number of unbranched alkanes of at least 4 members (excludes halogenated alkanes) is 2. The maximum absolute atomic E-state index is 10.8. The zero-order chi connectivity index (χ0) is 9.23. The third-order valence-electron chi connectivity index (χ3n) is 1.54. The fourth-order valence-electron chi connectivity index (χ4n) is 0.929. The van der Waals surface area contributed by atoms with Crippen LogP contribution in [-0.2, 0) is 9.53 Å². The SMILES string of the molecule is [CH2]NCCCCCC(=O)OCC. The predicted molar refractivity (Wildman–Crippen MR) is 48.5 cm³/mol. The number of carbonyl (C=O) groups excluding carboxylic acids is 1. The summed E-state index contributed by atoms with van der Waals surface area (Å²) in [4.78, 5) is 10.8. The molecule has 0 atom stereocenters. The molecule has 0 aliphatic carbocycles. The Hall–Kier alpha value is -0.570. The quantitative estimate of drug-likeness (QED) is 0.467. The molecule has 0 aromatic rings. The van der Waals surface area contributed by atoms with Crippen LogP contribution in [0.2, 0.25) is 0 Å². The van der Waals surface area contributed by atoms with E-state index >= 15 is 0 Å². The predicted octanol–water partition coefficient (Wildman–Crippen LogP) is 1.49. The van der Waals surface area contributed by atoms with Gasteiger partial charge in [-0.3, -0.25) is 4.79 Å². The fourth-order valence-corrected chi connectivity index (χ4v) is 0.929. The highest BCUT2D eigenvalue weighted by Gasteiger charge is 1.99. The van der Waals surface area contributed by atoms with E-state index in [4.69, 9.17) is 4.74 Å². The van der Waals surface area contributed by atoms with Gasteiger partial charge in [-0.1, -0.05) is 6.42 Å². The molecule has 12 heavy (non-hydrogen) atoms. The molecule has 3 heteroatoms. The van der Waals surface area contributed by atoms with Crippen LogP contribution >= 0.6 is 0 Å². The molecule has 71 valence electrons. The molecular weight excluding hydrogens is 154 g/mol. The van der Waals surface area contributed by atoms with Crippen LogP contribution in [0, 0.1) is 7.05 Å². The van der Waals surface area contributed by atoms with Crippen molar-refractivity contribution in [1.82, 2.24) is 5.32 Å². The van der Waals surface area contributed by atoms with Crippen molar-refractivity contribution in [2.45, 2.75) is 32.6 Å². The molecule has 0 aliphatic rings. The summed E-state index contributed by atoms with van der Waals surface area (Å²) in [5, 5.41) is 2.81. The van der Waals surface area contributed by atoms with Crippen LogP contribution in [0.1, 0.15) is 32.6 Å². The Morgan fingerprint density at radius 2 is 2.17 bits per heavy atom. The highest BCUT2D eigenvalue weighted by atomic mass is 16.5. The lowest BCUT2D eigenvalue weighted by atomic mass is 10.2. The van der Waals surface area contributed by atoms with Crippen molar-refractivity contribution < 1.29 is 9.53 Å². The first-order valence-electron chi connectivity index (χ1n) is 4.46. The number of ether oxygens (including phenoxy) is 1. The highest BCUT2D eigenvalue weighted by Crippen LogP contribution is 2.00. The Kier molecular flexibility index (Phi) is 8.12. The first kappa shape index (κ1) is 11.4. The van der Waals surface area contributed by atoms with Gasteiger partial charge in [0.2, 0.25) is 0 Å². The van der Waals surface area contributed by atoms with Crippen LogP contribution in [0.25, 0.3) is 0 Å². The van der Waals surface area contributed by atoms with E-state index < -0.39 is 0 Å². The Morgan fingerprint density at radius 3 is 2.75 bits per heavy atom. The fraction of sp³-hybridized carbons (Fsp3) is 0.778. The summed E-state index contributed by atoms with van der Waals surface area (Å²) in [6.45, 7) is 3.23. The van der Waals surface area contributed by atoms with Gasteiger partial charge in [0.25, 0.3) is 0 Å². The molecule has 0 unspecified atom stereocenters. The molecule has 0 aromatic carbocycles. The molecule has 0 heterocycles. The van der Waals surface area contributed by atoms with Gasteiger partial charge in [0.15, 0.2) is 0 Å². The molecule has 0 amide bonds. The summed E-state index contributed by atoms with van der Waals surface area (Å²) in [6, 6.07) is 0. The van der Waals surface area contributed by atoms with Gasteiger partial charge >= 0.3 is 5.97 Å².